The molecule has 12 heteroatoms. The van der Waals surface area contributed by atoms with E-state index in [4.69, 9.17) is 20.5 Å². The van der Waals surface area contributed by atoms with Gasteiger partial charge in [0, 0.05) is 24.4 Å². The second kappa shape index (κ2) is 11.7. The smallest absolute Gasteiger partial charge is 0.329 e. The molecule has 0 aliphatic carbocycles. The molecule has 11 nitrogen and oxygen atoms in total. The predicted molar refractivity (Wildman–Crippen MR) is 121 cm³/mol. The van der Waals surface area contributed by atoms with Crippen molar-refractivity contribution in [3.05, 3.63) is 41.1 Å². The maximum absolute atomic E-state index is 12.9. The van der Waals surface area contributed by atoms with Gasteiger partial charge in [0.25, 0.3) is 5.91 Å². The molecule has 1 saturated heterocycles. The summed E-state index contributed by atoms with van der Waals surface area (Å²) in [7, 11) is -3.81. The molecule has 1 aromatic carbocycles. The zero-order chi connectivity index (χ0) is 25.5. The van der Waals surface area contributed by atoms with E-state index in [0.29, 0.717) is 0 Å². The first-order valence-electron chi connectivity index (χ1n) is 10.5. The third-order valence-corrected chi connectivity index (χ3v) is 6.94. The highest BCUT2D eigenvalue weighted by atomic mass is 32.2. The van der Waals surface area contributed by atoms with Crippen LogP contribution in [0.1, 0.15) is 31.1 Å². The molecule has 1 aliphatic rings. The summed E-state index contributed by atoms with van der Waals surface area (Å²) >= 11 is 0. The number of benzene rings is 1. The van der Waals surface area contributed by atoms with E-state index in [1.807, 2.05) is 0 Å². The van der Waals surface area contributed by atoms with E-state index in [0.717, 1.165) is 0 Å². The van der Waals surface area contributed by atoms with E-state index in [-0.39, 0.29) is 48.0 Å². The van der Waals surface area contributed by atoms with E-state index < -0.39 is 46.2 Å². The first-order valence-corrected chi connectivity index (χ1v) is 12.0. The minimum Gasteiger partial charge on any atom is -0.456 e. The van der Waals surface area contributed by atoms with Crippen molar-refractivity contribution >= 4 is 27.7 Å². The number of nitrogens with zero attached hydrogens (tertiary/aromatic N) is 2. The van der Waals surface area contributed by atoms with Gasteiger partial charge in [0.1, 0.15) is 17.7 Å². The lowest BCUT2D eigenvalue weighted by Crippen LogP contribution is -2.45. The quantitative estimate of drug-likeness (QED) is 0.280. The summed E-state index contributed by atoms with van der Waals surface area (Å²) in [5, 5.41) is 11.5. The van der Waals surface area contributed by atoms with Crippen LogP contribution in [0.3, 0.4) is 0 Å². The van der Waals surface area contributed by atoms with Crippen LogP contribution >= 0.6 is 0 Å². The summed E-state index contributed by atoms with van der Waals surface area (Å²) in [5.41, 5.74) is 5.20. The zero-order valence-corrected chi connectivity index (χ0v) is 20.1. The number of morpholine rings is 1. The first-order chi connectivity index (χ1) is 16.0. The molecule has 0 saturated carbocycles. The van der Waals surface area contributed by atoms with Crippen LogP contribution in [-0.4, -0.2) is 69.3 Å². The number of hydrogen-bond acceptors (Lipinski definition) is 9. The molecule has 1 atom stereocenters. The predicted octanol–water partition coefficient (Wildman–Crippen LogP) is 0.330. The van der Waals surface area contributed by atoms with E-state index >= 15 is 0 Å². The Balaban J connectivity index is 2.13. The number of nitriles is 1. The molecule has 0 radical (unpaired) electrons. The van der Waals surface area contributed by atoms with Crippen LogP contribution in [-0.2, 0) is 29.1 Å². The molecule has 2 rings (SSSR count). The van der Waals surface area contributed by atoms with Gasteiger partial charge in [-0.25, -0.2) is 13.2 Å². The van der Waals surface area contributed by atoms with Gasteiger partial charge in [0.05, 0.1) is 18.1 Å². The highest BCUT2D eigenvalue weighted by Crippen LogP contribution is 2.19. The number of esters is 1. The molecule has 1 amide bonds. The lowest BCUT2D eigenvalue weighted by Gasteiger charge is -2.26. The lowest BCUT2D eigenvalue weighted by molar-refractivity contribution is -0.150. The summed E-state index contributed by atoms with van der Waals surface area (Å²) in [6.45, 7) is 5.00. The van der Waals surface area contributed by atoms with Crippen LogP contribution in [0.25, 0.3) is 0 Å². The zero-order valence-electron chi connectivity index (χ0n) is 19.2. The average molecular weight is 493 g/mol. The Hall–Kier alpha value is -3.27. The fourth-order valence-corrected chi connectivity index (χ4v) is 4.58. The molecule has 0 unspecified atom stereocenters. The molecular weight excluding hydrogens is 464 g/mol. The van der Waals surface area contributed by atoms with Crippen molar-refractivity contribution in [2.45, 2.75) is 31.7 Å². The van der Waals surface area contributed by atoms with Gasteiger partial charge in [-0.3, -0.25) is 9.59 Å². The van der Waals surface area contributed by atoms with Gasteiger partial charge in [-0.05, 0) is 31.0 Å². The maximum Gasteiger partial charge on any atom is 0.329 e. The number of carbonyl (C=O) groups excluding carboxylic acids is 3. The van der Waals surface area contributed by atoms with Crippen molar-refractivity contribution in [2.24, 2.45) is 11.7 Å². The third-order valence-electron chi connectivity index (χ3n) is 5.04. The van der Waals surface area contributed by atoms with Gasteiger partial charge < -0.3 is 20.5 Å². The highest BCUT2D eigenvalue weighted by Gasteiger charge is 2.29. The minimum absolute atomic E-state index is 0.00387. The second-order valence-corrected chi connectivity index (χ2v) is 9.88. The van der Waals surface area contributed by atoms with Crippen LogP contribution < -0.4 is 11.1 Å². The number of carbonyl (C=O) groups is 3. The molecule has 184 valence electrons. The number of ether oxygens (including phenoxy) is 2. The van der Waals surface area contributed by atoms with Gasteiger partial charge in [0.15, 0.2) is 6.61 Å². The second-order valence-electron chi connectivity index (χ2n) is 7.94. The van der Waals surface area contributed by atoms with Crippen molar-refractivity contribution in [3.8, 4) is 6.07 Å². The van der Waals surface area contributed by atoms with Crippen LogP contribution in [0.4, 0.5) is 0 Å². The first kappa shape index (κ1) is 27.0. The van der Waals surface area contributed by atoms with E-state index in [1.165, 1.54) is 35.5 Å². The fourth-order valence-electron chi connectivity index (χ4n) is 3.13. The largest absolute Gasteiger partial charge is 0.456 e. The molecule has 1 aliphatic heterocycles. The molecular formula is C22H28N4O7S. The van der Waals surface area contributed by atoms with E-state index in [1.54, 1.807) is 19.9 Å². The molecule has 1 fully saturated rings. The highest BCUT2D eigenvalue weighted by molar-refractivity contribution is 7.89. The monoisotopic (exact) mass is 492 g/mol. The van der Waals surface area contributed by atoms with Gasteiger partial charge in [-0.15, -0.1) is 0 Å². The van der Waals surface area contributed by atoms with Crippen molar-refractivity contribution < 1.29 is 32.3 Å². The molecule has 34 heavy (non-hydrogen) atoms. The summed E-state index contributed by atoms with van der Waals surface area (Å²) in [6.07, 6.45) is 0. The van der Waals surface area contributed by atoms with Gasteiger partial charge >= 0.3 is 5.97 Å². The lowest BCUT2D eigenvalue weighted by atomic mass is 10.0. The molecule has 0 bridgehead atoms. The topological polar surface area (TPSA) is 169 Å². The number of hydrogen-bond donors (Lipinski definition) is 2. The molecule has 3 N–H and O–H groups in total. The normalized spacial score (nSPS) is 16.2. The Morgan fingerprint density at radius 3 is 2.47 bits per heavy atom. The SMILES string of the molecule is C/C(N)=C(/C#N)C(=O)COC(=O)[C@@H](NC(=O)c1cccc(S(=O)(=O)N2CCOCC2)c1)C(C)C. The Labute approximate surface area is 198 Å². The molecule has 1 aromatic rings. The number of amides is 1. The van der Waals surface area contributed by atoms with Crippen molar-refractivity contribution in [2.75, 3.05) is 32.9 Å². The Morgan fingerprint density at radius 2 is 1.91 bits per heavy atom. The number of sulfonamides is 1. The van der Waals surface area contributed by atoms with Crippen molar-refractivity contribution in [1.82, 2.24) is 9.62 Å². The Kier molecular flexibility index (Phi) is 9.31. The molecule has 1 heterocycles. The van der Waals surface area contributed by atoms with Crippen LogP contribution in [0, 0.1) is 17.2 Å². The minimum atomic E-state index is -3.81. The van der Waals surface area contributed by atoms with Crippen LogP contribution in [0.15, 0.2) is 40.4 Å². The average Bonchev–Trinajstić information content (AvgIpc) is 2.81. The van der Waals surface area contributed by atoms with Crippen molar-refractivity contribution in [1.29, 1.82) is 5.26 Å². The number of nitrogens with one attached hydrogen (secondary N) is 1. The molecule has 0 spiro atoms. The van der Waals surface area contributed by atoms with E-state index in [9.17, 15) is 22.8 Å². The summed E-state index contributed by atoms with van der Waals surface area (Å²) in [4.78, 5) is 37.3. The number of Topliss-reactive ketones (excluding diaryl/α,β-unsaturated/α-hetero) is 1. The Bertz CT molecular complexity index is 1110. The number of ketones is 1. The van der Waals surface area contributed by atoms with Gasteiger partial charge in [0.2, 0.25) is 15.8 Å². The van der Waals surface area contributed by atoms with Gasteiger partial charge in [-0.1, -0.05) is 19.9 Å². The third kappa shape index (κ3) is 6.63. The van der Waals surface area contributed by atoms with Crippen molar-refractivity contribution in [3.63, 3.8) is 0 Å². The Morgan fingerprint density at radius 1 is 1.26 bits per heavy atom. The standard InChI is InChI=1S/C22H28N4O7S/c1-14(2)20(22(29)33-13-19(27)18(12-23)15(3)24)25-21(28)16-5-4-6-17(11-16)34(30,31)26-7-9-32-10-8-26/h4-6,11,14,20H,7-10,13,24H2,1-3H3,(H,25,28)/b18-15+/t20-/m0/s1. The number of rotatable bonds is 9. The summed E-state index contributed by atoms with van der Waals surface area (Å²) in [6, 6.07) is 6.03. The molecule has 0 aromatic heterocycles. The van der Waals surface area contributed by atoms with Crippen LogP contribution in [0.5, 0.6) is 0 Å². The van der Waals surface area contributed by atoms with Crippen LogP contribution in [0.2, 0.25) is 0 Å². The summed E-state index contributed by atoms with van der Waals surface area (Å²) in [5.74, 6) is -2.73. The van der Waals surface area contributed by atoms with E-state index in [2.05, 4.69) is 5.32 Å². The number of nitrogens with two attached hydrogens (primary N) is 1. The van der Waals surface area contributed by atoms with Gasteiger partial charge in [-0.2, -0.15) is 9.57 Å². The fraction of sp³-hybridized carbons (Fsp3) is 0.455. The number of allylic oxidation sites excluding steroid dienone is 1. The summed E-state index contributed by atoms with van der Waals surface area (Å²) < 4.78 is 37.2. The maximum atomic E-state index is 12.9.